The van der Waals surface area contributed by atoms with Crippen molar-refractivity contribution in [1.29, 1.82) is 0 Å². The van der Waals surface area contributed by atoms with E-state index in [0.29, 0.717) is 19.6 Å². The lowest BCUT2D eigenvalue weighted by Crippen LogP contribution is -2.48. The van der Waals surface area contributed by atoms with Crippen LogP contribution in [0.4, 0.5) is 4.79 Å². The van der Waals surface area contributed by atoms with Gasteiger partial charge in [0.05, 0.1) is 6.54 Å². The highest BCUT2D eigenvalue weighted by atomic mass is 32.2. The average Bonchev–Trinajstić information content (AvgIpc) is 2.67. The molecule has 1 aromatic rings. The molecule has 0 spiro atoms. The smallest absolute Gasteiger partial charge is 0.410 e. The van der Waals surface area contributed by atoms with Gasteiger partial charge in [-0.25, -0.2) is 13.2 Å². The highest BCUT2D eigenvalue weighted by Crippen LogP contribution is 2.20. The number of ether oxygens (including phenoxy) is 1. The van der Waals surface area contributed by atoms with Gasteiger partial charge in [0.2, 0.25) is 15.9 Å². The second-order valence-corrected chi connectivity index (χ2v) is 10.7. The Balaban J connectivity index is 1.93. The summed E-state index contributed by atoms with van der Waals surface area (Å²) in [6.45, 7) is 6.73. The Labute approximate surface area is 179 Å². The first-order valence-corrected chi connectivity index (χ1v) is 11.4. The number of nitrogens with zero attached hydrogens (tertiary/aromatic N) is 4. The summed E-state index contributed by atoms with van der Waals surface area (Å²) in [4.78, 5) is 32.0. The predicted molar refractivity (Wildman–Crippen MR) is 112 cm³/mol. The van der Waals surface area contributed by atoms with Crippen LogP contribution in [0.25, 0.3) is 0 Å². The number of amides is 2. The quantitative estimate of drug-likeness (QED) is 0.669. The van der Waals surface area contributed by atoms with Crippen LogP contribution in [-0.2, 0) is 19.6 Å². The molecular formula is C20H32N4O5S. The van der Waals surface area contributed by atoms with Gasteiger partial charge in [-0.2, -0.15) is 4.31 Å². The van der Waals surface area contributed by atoms with Gasteiger partial charge < -0.3 is 14.5 Å². The van der Waals surface area contributed by atoms with Crippen molar-refractivity contribution in [3.05, 3.63) is 24.5 Å². The van der Waals surface area contributed by atoms with Gasteiger partial charge in [-0.1, -0.05) is 0 Å². The molecular weight excluding hydrogens is 408 g/mol. The lowest BCUT2D eigenvalue weighted by Gasteiger charge is -2.35. The maximum atomic E-state index is 12.7. The van der Waals surface area contributed by atoms with Crippen LogP contribution in [0.15, 0.2) is 29.4 Å². The topological polar surface area (TPSA) is 100 Å². The fourth-order valence-corrected chi connectivity index (χ4v) is 4.38. The SMILES string of the molecule is CN(CC1CCCN(C(=O)CN(C)S(=O)(=O)c2cccnc2)C1)C(=O)OC(C)(C)C. The van der Waals surface area contributed by atoms with E-state index in [1.165, 1.54) is 30.4 Å². The fraction of sp³-hybridized carbons (Fsp3) is 0.650. The third kappa shape index (κ3) is 6.66. The van der Waals surface area contributed by atoms with Gasteiger partial charge in [0.15, 0.2) is 0 Å². The molecule has 168 valence electrons. The molecule has 10 heteroatoms. The third-order valence-electron chi connectivity index (χ3n) is 4.81. The lowest BCUT2D eigenvalue weighted by molar-refractivity contribution is -0.133. The van der Waals surface area contributed by atoms with Gasteiger partial charge in [-0.3, -0.25) is 9.78 Å². The molecule has 0 bridgehead atoms. The number of pyridine rings is 1. The highest BCUT2D eigenvalue weighted by Gasteiger charge is 2.30. The molecule has 1 unspecified atom stereocenters. The average molecular weight is 441 g/mol. The number of hydrogen-bond donors (Lipinski definition) is 0. The van der Waals surface area contributed by atoms with E-state index < -0.39 is 21.7 Å². The van der Waals surface area contributed by atoms with Gasteiger partial charge in [-0.05, 0) is 51.7 Å². The van der Waals surface area contributed by atoms with Gasteiger partial charge >= 0.3 is 6.09 Å². The van der Waals surface area contributed by atoms with Crippen LogP contribution in [0.1, 0.15) is 33.6 Å². The summed E-state index contributed by atoms with van der Waals surface area (Å²) in [6, 6.07) is 2.99. The van der Waals surface area contributed by atoms with Crippen LogP contribution < -0.4 is 0 Å². The molecule has 1 fully saturated rings. The first kappa shape index (κ1) is 24.1. The molecule has 30 heavy (non-hydrogen) atoms. The van der Waals surface area contributed by atoms with Gasteiger partial charge in [0, 0.05) is 46.1 Å². The lowest BCUT2D eigenvalue weighted by atomic mass is 9.97. The Bertz CT molecular complexity index is 839. The zero-order valence-electron chi connectivity index (χ0n) is 18.4. The Kier molecular flexibility index (Phi) is 7.81. The summed E-state index contributed by atoms with van der Waals surface area (Å²) >= 11 is 0. The van der Waals surface area contributed by atoms with E-state index in [4.69, 9.17) is 4.74 Å². The Hall–Kier alpha value is -2.20. The van der Waals surface area contributed by atoms with Crippen LogP contribution in [0.2, 0.25) is 0 Å². The molecule has 1 aliphatic heterocycles. The molecule has 1 aromatic heterocycles. The number of likely N-dealkylation sites (tertiary alicyclic amines) is 1. The molecule has 0 radical (unpaired) electrons. The number of carbonyl (C=O) groups is 2. The summed E-state index contributed by atoms with van der Waals surface area (Å²) in [5, 5.41) is 0. The van der Waals surface area contributed by atoms with Crippen LogP contribution in [0, 0.1) is 5.92 Å². The van der Waals surface area contributed by atoms with Crippen molar-refractivity contribution in [2.75, 3.05) is 40.3 Å². The summed E-state index contributed by atoms with van der Waals surface area (Å²) in [5.41, 5.74) is -0.565. The number of sulfonamides is 1. The van der Waals surface area contributed by atoms with Crippen molar-refractivity contribution in [1.82, 2.24) is 19.1 Å². The van der Waals surface area contributed by atoms with Gasteiger partial charge in [0.1, 0.15) is 10.5 Å². The van der Waals surface area contributed by atoms with Crippen LogP contribution in [0.5, 0.6) is 0 Å². The number of likely N-dealkylation sites (N-methyl/N-ethyl adjacent to an activating group) is 1. The van der Waals surface area contributed by atoms with Crippen molar-refractivity contribution in [2.45, 2.75) is 44.1 Å². The minimum absolute atomic E-state index is 0.0517. The van der Waals surface area contributed by atoms with E-state index in [2.05, 4.69) is 4.98 Å². The summed E-state index contributed by atoms with van der Waals surface area (Å²) in [7, 11) is -0.710. The molecule has 1 atom stereocenters. The molecule has 1 saturated heterocycles. The minimum atomic E-state index is -3.78. The number of aromatic nitrogens is 1. The van der Waals surface area contributed by atoms with Gasteiger partial charge in [-0.15, -0.1) is 0 Å². The maximum absolute atomic E-state index is 12.7. The fourth-order valence-electron chi connectivity index (χ4n) is 3.30. The summed E-state index contributed by atoms with van der Waals surface area (Å²) in [5.74, 6) is -0.143. The Morgan fingerprint density at radius 2 is 2.00 bits per heavy atom. The van der Waals surface area contributed by atoms with Crippen molar-refractivity contribution in [3.63, 3.8) is 0 Å². The standard InChI is InChI=1S/C20H32N4O5S/c1-20(2,3)29-19(26)22(4)13-16-8-7-11-24(14-16)18(25)15-23(5)30(27,28)17-9-6-10-21-12-17/h6,9-10,12,16H,7-8,11,13-15H2,1-5H3. The first-order chi connectivity index (χ1) is 13.9. The molecule has 0 N–H and O–H groups in total. The number of piperidine rings is 1. The third-order valence-corrected chi connectivity index (χ3v) is 6.60. The monoisotopic (exact) mass is 440 g/mol. The summed E-state index contributed by atoms with van der Waals surface area (Å²) < 4.78 is 31.6. The van der Waals surface area contributed by atoms with Crippen molar-refractivity contribution in [2.24, 2.45) is 5.92 Å². The molecule has 2 amide bonds. The maximum Gasteiger partial charge on any atom is 0.410 e. The van der Waals surface area contributed by atoms with E-state index in [-0.39, 0.29) is 23.3 Å². The Morgan fingerprint density at radius 3 is 2.60 bits per heavy atom. The second-order valence-electron chi connectivity index (χ2n) is 8.66. The van der Waals surface area contributed by atoms with Crippen LogP contribution in [0.3, 0.4) is 0 Å². The summed E-state index contributed by atoms with van der Waals surface area (Å²) in [6.07, 6.45) is 4.05. The number of hydrogen-bond acceptors (Lipinski definition) is 6. The van der Waals surface area contributed by atoms with E-state index >= 15 is 0 Å². The zero-order valence-corrected chi connectivity index (χ0v) is 19.2. The molecule has 0 aliphatic carbocycles. The first-order valence-electron chi connectivity index (χ1n) is 9.98. The molecule has 9 nitrogen and oxygen atoms in total. The largest absolute Gasteiger partial charge is 0.444 e. The van der Waals surface area contributed by atoms with E-state index in [1.807, 2.05) is 20.8 Å². The minimum Gasteiger partial charge on any atom is -0.444 e. The predicted octanol–water partition coefficient (Wildman–Crippen LogP) is 1.81. The molecule has 2 rings (SSSR count). The molecule has 0 aromatic carbocycles. The Morgan fingerprint density at radius 1 is 1.30 bits per heavy atom. The van der Waals surface area contributed by atoms with Gasteiger partial charge in [0.25, 0.3) is 0 Å². The normalized spacial score (nSPS) is 17.7. The van der Waals surface area contributed by atoms with Crippen molar-refractivity contribution >= 4 is 22.0 Å². The van der Waals surface area contributed by atoms with Crippen molar-refractivity contribution in [3.8, 4) is 0 Å². The van der Waals surface area contributed by atoms with Crippen molar-refractivity contribution < 1.29 is 22.7 Å². The second kappa shape index (κ2) is 9.74. The van der Waals surface area contributed by atoms with Crippen LogP contribution >= 0.6 is 0 Å². The van der Waals surface area contributed by atoms with Crippen LogP contribution in [-0.4, -0.2) is 85.4 Å². The molecule has 0 saturated carbocycles. The number of carbonyl (C=O) groups excluding carboxylic acids is 2. The molecule has 2 heterocycles. The molecule has 1 aliphatic rings. The zero-order chi connectivity index (χ0) is 22.5. The van der Waals surface area contributed by atoms with E-state index in [1.54, 1.807) is 18.0 Å². The van der Waals surface area contributed by atoms with E-state index in [9.17, 15) is 18.0 Å². The highest BCUT2D eigenvalue weighted by molar-refractivity contribution is 7.89. The number of rotatable bonds is 6. The van der Waals surface area contributed by atoms with E-state index in [0.717, 1.165) is 17.1 Å².